The molecule has 0 spiro atoms. The molecular weight excluding hydrogens is 328 g/mol. The van der Waals surface area contributed by atoms with E-state index < -0.39 is 0 Å². The van der Waals surface area contributed by atoms with Gasteiger partial charge in [0.15, 0.2) is 0 Å². The van der Waals surface area contributed by atoms with E-state index >= 15 is 0 Å². The maximum Gasteiger partial charge on any atom is 0.251 e. The van der Waals surface area contributed by atoms with Crippen LogP contribution in [0.1, 0.15) is 35.2 Å². The molecule has 4 heteroatoms. The van der Waals surface area contributed by atoms with Crippen molar-refractivity contribution in [2.24, 2.45) is 5.92 Å². The minimum Gasteiger partial charge on any atom is -0.352 e. The van der Waals surface area contributed by atoms with Crippen molar-refractivity contribution in [3.05, 3.63) is 65.7 Å². The normalized spacial score (nSPS) is 17.2. The van der Waals surface area contributed by atoms with Crippen molar-refractivity contribution in [2.75, 3.05) is 19.6 Å². The highest BCUT2D eigenvalue weighted by atomic mass is 32.2. The van der Waals surface area contributed by atoms with Crippen LogP contribution in [0.2, 0.25) is 0 Å². The molecule has 1 aliphatic heterocycles. The molecular formula is C21H26N2OS. The summed E-state index contributed by atoms with van der Waals surface area (Å²) in [6, 6.07) is 18.3. The minimum absolute atomic E-state index is 0.0334. The number of amides is 1. The smallest absolute Gasteiger partial charge is 0.251 e. The molecule has 1 aliphatic rings. The third-order valence-corrected chi connectivity index (χ3v) is 5.69. The van der Waals surface area contributed by atoms with E-state index in [2.05, 4.69) is 47.0 Å². The second-order valence-electron chi connectivity index (χ2n) is 6.56. The Labute approximate surface area is 154 Å². The van der Waals surface area contributed by atoms with Crippen LogP contribution < -0.4 is 10.6 Å². The van der Waals surface area contributed by atoms with Crippen LogP contribution >= 0.6 is 11.8 Å². The molecule has 0 radical (unpaired) electrons. The number of carbonyl (C=O) groups excluding carboxylic acids is 1. The first-order valence-corrected chi connectivity index (χ1v) is 10.1. The van der Waals surface area contributed by atoms with Crippen molar-refractivity contribution in [3.8, 4) is 0 Å². The molecule has 3 rings (SSSR count). The number of piperidine rings is 1. The molecule has 2 aromatic rings. The van der Waals surface area contributed by atoms with Crippen LogP contribution in [0.15, 0.2) is 59.5 Å². The number of benzene rings is 2. The van der Waals surface area contributed by atoms with Gasteiger partial charge in [-0.1, -0.05) is 30.3 Å². The zero-order chi connectivity index (χ0) is 17.3. The lowest BCUT2D eigenvalue weighted by Crippen LogP contribution is -2.33. The molecule has 0 aromatic heterocycles. The number of thioether (sulfide) groups is 1. The van der Waals surface area contributed by atoms with E-state index in [-0.39, 0.29) is 5.91 Å². The van der Waals surface area contributed by atoms with Gasteiger partial charge >= 0.3 is 0 Å². The highest BCUT2D eigenvalue weighted by Gasteiger charge is 2.13. The summed E-state index contributed by atoms with van der Waals surface area (Å²) in [4.78, 5) is 13.5. The van der Waals surface area contributed by atoms with Gasteiger partial charge in [0.1, 0.15) is 0 Å². The Morgan fingerprint density at radius 2 is 1.92 bits per heavy atom. The second-order valence-corrected chi connectivity index (χ2v) is 7.60. The summed E-state index contributed by atoms with van der Waals surface area (Å²) in [5, 5.41) is 6.47. The molecule has 1 unspecified atom stereocenters. The average molecular weight is 355 g/mol. The molecule has 25 heavy (non-hydrogen) atoms. The van der Waals surface area contributed by atoms with Gasteiger partial charge in [-0.25, -0.2) is 0 Å². The van der Waals surface area contributed by atoms with Gasteiger partial charge in [0.2, 0.25) is 0 Å². The fourth-order valence-electron chi connectivity index (χ4n) is 3.10. The molecule has 3 nitrogen and oxygen atoms in total. The lowest BCUT2D eigenvalue weighted by atomic mass is 9.96. The highest BCUT2D eigenvalue weighted by Crippen LogP contribution is 2.22. The molecule has 1 heterocycles. The molecule has 1 amide bonds. The zero-order valence-electron chi connectivity index (χ0n) is 14.5. The highest BCUT2D eigenvalue weighted by molar-refractivity contribution is 7.98. The van der Waals surface area contributed by atoms with Crippen LogP contribution in [0.4, 0.5) is 0 Å². The van der Waals surface area contributed by atoms with Crippen molar-refractivity contribution in [1.29, 1.82) is 0 Å². The standard InChI is InChI=1S/C21H26N2OS/c24-21(23-14-12-17-5-4-13-22-15-17)19-10-8-18(9-11-19)16-25-20-6-2-1-3-7-20/h1-3,6-11,17,22H,4-5,12-16H2,(H,23,24). The van der Waals surface area contributed by atoms with Crippen molar-refractivity contribution < 1.29 is 4.79 Å². The van der Waals surface area contributed by atoms with Crippen LogP contribution in [0.5, 0.6) is 0 Å². The summed E-state index contributed by atoms with van der Waals surface area (Å²) in [6.07, 6.45) is 3.59. The van der Waals surface area contributed by atoms with Crippen molar-refractivity contribution in [1.82, 2.24) is 10.6 Å². The van der Waals surface area contributed by atoms with Gasteiger partial charge in [-0.3, -0.25) is 4.79 Å². The van der Waals surface area contributed by atoms with Gasteiger partial charge in [-0.05, 0) is 68.1 Å². The largest absolute Gasteiger partial charge is 0.352 e. The Bertz CT molecular complexity index is 651. The van der Waals surface area contributed by atoms with E-state index in [0.717, 1.165) is 37.4 Å². The van der Waals surface area contributed by atoms with Crippen LogP contribution in [0.25, 0.3) is 0 Å². The number of nitrogens with one attached hydrogen (secondary N) is 2. The number of hydrogen-bond acceptors (Lipinski definition) is 3. The molecule has 2 aromatic carbocycles. The number of rotatable bonds is 7. The van der Waals surface area contributed by atoms with Crippen LogP contribution in [-0.2, 0) is 5.75 Å². The quantitative estimate of drug-likeness (QED) is 0.736. The average Bonchev–Trinajstić information content (AvgIpc) is 2.68. The van der Waals surface area contributed by atoms with E-state index in [1.54, 1.807) is 0 Å². The van der Waals surface area contributed by atoms with E-state index in [9.17, 15) is 4.79 Å². The van der Waals surface area contributed by atoms with E-state index in [0.29, 0.717) is 5.92 Å². The maximum absolute atomic E-state index is 12.2. The van der Waals surface area contributed by atoms with Gasteiger partial charge in [0.25, 0.3) is 5.91 Å². The van der Waals surface area contributed by atoms with Crippen LogP contribution in [0, 0.1) is 5.92 Å². The van der Waals surface area contributed by atoms with Gasteiger partial charge < -0.3 is 10.6 Å². The third-order valence-electron chi connectivity index (χ3n) is 4.60. The fraction of sp³-hybridized carbons (Fsp3) is 0.381. The Morgan fingerprint density at radius 1 is 1.12 bits per heavy atom. The third kappa shape index (κ3) is 5.91. The molecule has 0 saturated carbocycles. The van der Waals surface area contributed by atoms with Crippen LogP contribution in [-0.4, -0.2) is 25.5 Å². The summed E-state index contributed by atoms with van der Waals surface area (Å²) >= 11 is 1.81. The summed E-state index contributed by atoms with van der Waals surface area (Å²) in [5.74, 6) is 1.65. The predicted octanol–water partition coefficient (Wildman–Crippen LogP) is 4.10. The first-order chi connectivity index (χ1) is 12.3. The zero-order valence-corrected chi connectivity index (χ0v) is 15.4. The van der Waals surface area contributed by atoms with Gasteiger partial charge in [0.05, 0.1) is 0 Å². The van der Waals surface area contributed by atoms with Crippen molar-refractivity contribution in [3.63, 3.8) is 0 Å². The van der Waals surface area contributed by atoms with E-state index in [1.165, 1.54) is 23.3 Å². The van der Waals surface area contributed by atoms with E-state index in [1.807, 2.05) is 30.0 Å². The van der Waals surface area contributed by atoms with E-state index in [4.69, 9.17) is 0 Å². The summed E-state index contributed by atoms with van der Waals surface area (Å²) in [6.45, 7) is 2.98. The van der Waals surface area contributed by atoms with Gasteiger partial charge in [0, 0.05) is 22.8 Å². The minimum atomic E-state index is 0.0334. The second kappa shape index (κ2) is 9.64. The summed E-state index contributed by atoms with van der Waals surface area (Å²) in [5.41, 5.74) is 1.98. The Morgan fingerprint density at radius 3 is 2.64 bits per heavy atom. The molecule has 2 N–H and O–H groups in total. The van der Waals surface area contributed by atoms with Crippen LogP contribution in [0.3, 0.4) is 0 Å². The summed E-state index contributed by atoms with van der Waals surface area (Å²) < 4.78 is 0. The molecule has 1 atom stereocenters. The lowest BCUT2D eigenvalue weighted by Gasteiger charge is -2.22. The Balaban J connectivity index is 1.42. The maximum atomic E-state index is 12.2. The number of carbonyl (C=O) groups is 1. The predicted molar refractivity (Wildman–Crippen MR) is 105 cm³/mol. The SMILES string of the molecule is O=C(NCCC1CCCNC1)c1ccc(CSc2ccccc2)cc1. The van der Waals surface area contributed by atoms with Gasteiger partial charge in [-0.2, -0.15) is 0 Å². The molecule has 132 valence electrons. The lowest BCUT2D eigenvalue weighted by molar-refractivity contribution is 0.0950. The van der Waals surface area contributed by atoms with Crippen molar-refractivity contribution in [2.45, 2.75) is 29.9 Å². The first kappa shape index (κ1) is 18.0. The fourth-order valence-corrected chi connectivity index (χ4v) is 3.97. The first-order valence-electron chi connectivity index (χ1n) is 9.07. The molecule has 0 aliphatic carbocycles. The van der Waals surface area contributed by atoms with Gasteiger partial charge in [-0.15, -0.1) is 11.8 Å². The summed E-state index contributed by atoms with van der Waals surface area (Å²) in [7, 11) is 0. The topological polar surface area (TPSA) is 41.1 Å². The monoisotopic (exact) mass is 354 g/mol. The van der Waals surface area contributed by atoms with Crippen molar-refractivity contribution >= 4 is 17.7 Å². The number of hydrogen-bond donors (Lipinski definition) is 2. The molecule has 0 bridgehead atoms. The Kier molecular flexibility index (Phi) is 6.95. The Hall–Kier alpha value is -1.78. The molecule has 1 saturated heterocycles. The molecule has 1 fully saturated rings.